The van der Waals surface area contributed by atoms with Gasteiger partial charge >= 0.3 is 11.9 Å². The van der Waals surface area contributed by atoms with Gasteiger partial charge in [-0.05, 0) is 44.4 Å². The molecular formula is C18H26O5. The number of hydrogen-bond donors (Lipinski definition) is 1. The van der Waals surface area contributed by atoms with Gasteiger partial charge in [0.1, 0.15) is 5.75 Å². The Morgan fingerprint density at radius 3 is 2.39 bits per heavy atom. The number of methoxy groups -OCH3 is 1. The summed E-state index contributed by atoms with van der Waals surface area (Å²) in [5, 5.41) is 9.75. The number of hydrogen-bond acceptors (Lipinski definition) is 4. The van der Waals surface area contributed by atoms with Crippen LogP contribution in [0.3, 0.4) is 0 Å². The molecule has 0 saturated carbocycles. The number of aliphatic carboxylic acids is 1. The predicted octanol–water partition coefficient (Wildman–Crippen LogP) is 3.62. The maximum Gasteiger partial charge on any atom is 0.324 e. The standard InChI is InChI=1S/C18H26O5/c1-6-12(3)23-17(21)18(4,16(19)20)15(7-2)13-9-8-10-14(11-13)22-5/h8-12,15H,6-7H2,1-5H3,(H,19,20). The second kappa shape index (κ2) is 7.99. The van der Waals surface area contributed by atoms with Crippen LogP contribution in [0.2, 0.25) is 0 Å². The van der Waals surface area contributed by atoms with Crippen LogP contribution < -0.4 is 4.74 Å². The van der Waals surface area contributed by atoms with Gasteiger partial charge in [-0.2, -0.15) is 0 Å². The molecule has 5 heteroatoms. The van der Waals surface area contributed by atoms with Crippen molar-refractivity contribution in [3.63, 3.8) is 0 Å². The summed E-state index contributed by atoms with van der Waals surface area (Å²) in [6.07, 6.45) is 0.812. The number of carboxylic acid groups (broad SMARTS) is 1. The van der Waals surface area contributed by atoms with E-state index in [-0.39, 0.29) is 6.10 Å². The molecular weight excluding hydrogens is 296 g/mol. The third-order valence-electron chi connectivity index (χ3n) is 4.35. The topological polar surface area (TPSA) is 72.8 Å². The summed E-state index contributed by atoms with van der Waals surface area (Å²) in [5.74, 6) is -1.76. The van der Waals surface area contributed by atoms with Crippen molar-refractivity contribution in [2.75, 3.05) is 7.11 Å². The van der Waals surface area contributed by atoms with Crippen LogP contribution in [0.4, 0.5) is 0 Å². The fraction of sp³-hybridized carbons (Fsp3) is 0.556. The van der Waals surface area contributed by atoms with Crippen molar-refractivity contribution >= 4 is 11.9 Å². The fourth-order valence-corrected chi connectivity index (χ4v) is 2.60. The van der Waals surface area contributed by atoms with Crippen LogP contribution in [0.5, 0.6) is 5.75 Å². The van der Waals surface area contributed by atoms with Gasteiger partial charge in [-0.3, -0.25) is 9.59 Å². The number of carbonyl (C=O) groups is 2. The first-order valence-electron chi connectivity index (χ1n) is 7.89. The van der Waals surface area contributed by atoms with E-state index >= 15 is 0 Å². The van der Waals surface area contributed by atoms with Gasteiger partial charge in [-0.15, -0.1) is 0 Å². The lowest BCUT2D eigenvalue weighted by molar-refractivity contribution is -0.172. The number of rotatable bonds is 8. The van der Waals surface area contributed by atoms with E-state index in [1.165, 1.54) is 6.92 Å². The second-order valence-electron chi connectivity index (χ2n) is 5.87. The minimum atomic E-state index is -1.65. The fourth-order valence-electron chi connectivity index (χ4n) is 2.60. The van der Waals surface area contributed by atoms with Crippen LogP contribution in [0, 0.1) is 5.41 Å². The third kappa shape index (κ3) is 4.03. The molecule has 0 amide bonds. The molecule has 0 aliphatic carbocycles. The molecule has 0 fully saturated rings. The summed E-state index contributed by atoms with van der Waals surface area (Å²) in [4.78, 5) is 24.5. The molecule has 0 aliphatic heterocycles. The van der Waals surface area contributed by atoms with Crippen molar-refractivity contribution in [1.82, 2.24) is 0 Å². The molecule has 1 aromatic carbocycles. The summed E-state index contributed by atoms with van der Waals surface area (Å²) in [6, 6.07) is 7.16. The van der Waals surface area contributed by atoms with E-state index in [4.69, 9.17) is 9.47 Å². The zero-order chi connectivity index (χ0) is 17.6. The molecule has 1 aromatic rings. The van der Waals surface area contributed by atoms with Crippen molar-refractivity contribution in [3.8, 4) is 5.75 Å². The maximum atomic E-state index is 12.6. The van der Waals surface area contributed by atoms with E-state index in [1.54, 1.807) is 32.2 Å². The summed E-state index contributed by atoms with van der Waals surface area (Å²) >= 11 is 0. The van der Waals surface area contributed by atoms with E-state index in [9.17, 15) is 14.7 Å². The number of carbonyl (C=O) groups excluding carboxylic acids is 1. The highest BCUT2D eigenvalue weighted by Crippen LogP contribution is 2.41. The van der Waals surface area contributed by atoms with Crippen molar-refractivity contribution in [2.24, 2.45) is 5.41 Å². The van der Waals surface area contributed by atoms with E-state index in [0.29, 0.717) is 18.6 Å². The number of esters is 1. The van der Waals surface area contributed by atoms with Crippen LogP contribution >= 0.6 is 0 Å². The molecule has 23 heavy (non-hydrogen) atoms. The van der Waals surface area contributed by atoms with Gasteiger partial charge < -0.3 is 14.6 Å². The first-order chi connectivity index (χ1) is 10.8. The Kier molecular flexibility index (Phi) is 6.61. The van der Waals surface area contributed by atoms with Gasteiger partial charge in [0, 0.05) is 5.92 Å². The molecule has 1 N–H and O–H groups in total. The van der Waals surface area contributed by atoms with Gasteiger partial charge in [0.05, 0.1) is 13.2 Å². The molecule has 3 unspecified atom stereocenters. The normalized spacial score (nSPS) is 16.0. The van der Waals surface area contributed by atoms with Crippen molar-refractivity contribution in [2.45, 2.75) is 52.6 Å². The Morgan fingerprint density at radius 1 is 1.26 bits per heavy atom. The summed E-state index contributed by atoms with van der Waals surface area (Å²) in [5.41, 5.74) is -0.900. The van der Waals surface area contributed by atoms with Crippen molar-refractivity contribution < 1.29 is 24.2 Å². The van der Waals surface area contributed by atoms with Gasteiger partial charge in [0.2, 0.25) is 0 Å². The van der Waals surface area contributed by atoms with Crippen LogP contribution in [-0.2, 0) is 14.3 Å². The number of carboxylic acids is 1. The zero-order valence-electron chi connectivity index (χ0n) is 14.5. The molecule has 5 nitrogen and oxygen atoms in total. The number of ether oxygens (including phenoxy) is 2. The Morgan fingerprint density at radius 2 is 1.91 bits per heavy atom. The maximum absolute atomic E-state index is 12.6. The molecule has 0 saturated heterocycles. The van der Waals surface area contributed by atoms with Gasteiger partial charge in [-0.25, -0.2) is 0 Å². The van der Waals surface area contributed by atoms with E-state index < -0.39 is 23.3 Å². The van der Waals surface area contributed by atoms with Gasteiger partial charge in [-0.1, -0.05) is 26.0 Å². The molecule has 128 valence electrons. The molecule has 0 aromatic heterocycles. The lowest BCUT2D eigenvalue weighted by atomic mass is 9.72. The smallest absolute Gasteiger partial charge is 0.324 e. The summed E-state index contributed by atoms with van der Waals surface area (Å²) < 4.78 is 10.5. The average molecular weight is 322 g/mol. The van der Waals surface area contributed by atoms with Gasteiger partial charge in [0.25, 0.3) is 0 Å². The first-order valence-corrected chi connectivity index (χ1v) is 7.89. The molecule has 3 atom stereocenters. The molecule has 0 radical (unpaired) electrons. The third-order valence-corrected chi connectivity index (χ3v) is 4.35. The molecule has 0 heterocycles. The molecule has 1 rings (SSSR count). The van der Waals surface area contributed by atoms with Crippen LogP contribution in [0.1, 0.15) is 52.0 Å². The molecule has 0 aliphatic rings. The Hall–Kier alpha value is -2.04. The van der Waals surface area contributed by atoms with Crippen molar-refractivity contribution in [3.05, 3.63) is 29.8 Å². The predicted molar refractivity (Wildman–Crippen MR) is 87.6 cm³/mol. The highest BCUT2D eigenvalue weighted by molar-refractivity contribution is 6.00. The van der Waals surface area contributed by atoms with E-state index in [0.717, 1.165) is 5.56 Å². The number of benzene rings is 1. The molecule has 0 bridgehead atoms. The zero-order valence-corrected chi connectivity index (χ0v) is 14.5. The highest BCUT2D eigenvalue weighted by atomic mass is 16.5. The average Bonchev–Trinajstić information content (AvgIpc) is 2.54. The Bertz CT molecular complexity index is 554. The van der Waals surface area contributed by atoms with E-state index in [1.807, 2.05) is 19.9 Å². The minimum absolute atomic E-state index is 0.316. The highest BCUT2D eigenvalue weighted by Gasteiger charge is 2.50. The van der Waals surface area contributed by atoms with Crippen LogP contribution in [0.15, 0.2) is 24.3 Å². The van der Waals surface area contributed by atoms with Crippen molar-refractivity contribution in [1.29, 1.82) is 0 Å². The minimum Gasteiger partial charge on any atom is -0.497 e. The Labute approximate surface area is 137 Å². The summed E-state index contributed by atoms with van der Waals surface area (Å²) in [6.45, 7) is 6.94. The second-order valence-corrected chi connectivity index (χ2v) is 5.87. The lowest BCUT2D eigenvalue weighted by Gasteiger charge is -2.32. The van der Waals surface area contributed by atoms with Gasteiger partial charge in [0.15, 0.2) is 5.41 Å². The summed E-state index contributed by atoms with van der Waals surface area (Å²) in [7, 11) is 1.55. The quantitative estimate of drug-likeness (QED) is 0.584. The SMILES string of the molecule is CCC(C)OC(=O)C(C)(C(=O)O)C(CC)c1cccc(OC)c1. The van der Waals surface area contributed by atoms with Crippen LogP contribution in [-0.4, -0.2) is 30.3 Å². The van der Waals surface area contributed by atoms with E-state index in [2.05, 4.69) is 0 Å². The largest absolute Gasteiger partial charge is 0.497 e. The first kappa shape index (κ1) is 19.0. The van der Waals surface area contributed by atoms with Crippen LogP contribution in [0.25, 0.3) is 0 Å². The monoisotopic (exact) mass is 322 g/mol. The Balaban J connectivity index is 3.27. The molecule has 0 spiro atoms. The lowest BCUT2D eigenvalue weighted by Crippen LogP contribution is -2.44.